The second-order valence-electron chi connectivity index (χ2n) is 4.30. The Hall–Kier alpha value is -1.54. The first-order valence-electron chi connectivity index (χ1n) is 5.75. The van der Waals surface area contributed by atoms with Crippen molar-refractivity contribution in [1.29, 1.82) is 5.26 Å². The SMILES string of the molecule is Cc1nc(SC2CCOC2=O)c(C#N)c(C)c1C. The Morgan fingerprint density at radius 3 is 2.67 bits per heavy atom. The molecule has 0 amide bonds. The highest BCUT2D eigenvalue weighted by atomic mass is 32.2. The second-order valence-corrected chi connectivity index (χ2v) is 5.49. The van der Waals surface area contributed by atoms with E-state index in [0.717, 1.165) is 16.8 Å². The Morgan fingerprint density at radius 1 is 1.39 bits per heavy atom. The zero-order valence-electron chi connectivity index (χ0n) is 10.6. The number of nitriles is 1. The summed E-state index contributed by atoms with van der Waals surface area (Å²) in [6, 6.07) is 2.19. The summed E-state index contributed by atoms with van der Waals surface area (Å²) in [6.07, 6.45) is 0.683. The van der Waals surface area contributed by atoms with Crippen molar-refractivity contribution < 1.29 is 9.53 Å². The second kappa shape index (κ2) is 4.99. The smallest absolute Gasteiger partial charge is 0.319 e. The number of hydrogen-bond acceptors (Lipinski definition) is 5. The van der Waals surface area contributed by atoms with Crippen LogP contribution < -0.4 is 0 Å². The summed E-state index contributed by atoms with van der Waals surface area (Å²) in [6.45, 7) is 6.25. The first kappa shape index (κ1) is 12.9. The maximum Gasteiger partial charge on any atom is 0.319 e. The third-order valence-electron chi connectivity index (χ3n) is 3.22. The average Bonchev–Trinajstić information content (AvgIpc) is 2.73. The molecule has 1 aromatic heterocycles. The molecule has 0 spiro atoms. The largest absolute Gasteiger partial charge is 0.465 e. The standard InChI is InChI=1S/C13H14N2O2S/c1-7-8(2)10(6-14)12(15-9(7)3)18-11-4-5-17-13(11)16/h11H,4-5H2,1-3H3. The number of esters is 1. The first-order chi connectivity index (χ1) is 8.54. The predicted octanol–water partition coefficient (Wildman–Crippen LogP) is 2.29. The molecule has 0 aliphatic carbocycles. The van der Waals surface area contributed by atoms with Gasteiger partial charge >= 0.3 is 5.97 Å². The summed E-state index contributed by atoms with van der Waals surface area (Å²) in [5, 5.41) is 9.65. The number of aryl methyl sites for hydroxylation is 1. The molecular weight excluding hydrogens is 248 g/mol. The first-order valence-corrected chi connectivity index (χ1v) is 6.63. The lowest BCUT2D eigenvalue weighted by Gasteiger charge is -2.12. The van der Waals surface area contributed by atoms with Crippen LogP contribution in [0.15, 0.2) is 5.03 Å². The number of hydrogen-bond donors (Lipinski definition) is 0. The van der Waals surface area contributed by atoms with E-state index in [-0.39, 0.29) is 11.2 Å². The lowest BCUT2D eigenvalue weighted by molar-refractivity contribution is -0.137. The van der Waals surface area contributed by atoms with Crippen LogP contribution in [0.1, 0.15) is 28.8 Å². The number of carbonyl (C=O) groups excluding carboxylic acids is 1. The van der Waals surface area contributed by atoms with Gasteiger partial charge in [0.25, 0.3) is 0 Å². The van der Waals surface area contributed by atoms with E-state index in [1.807, 2.05) is 20.8 Å². The van der Waals surface area contributed by atoms with Gasteiger partial charge in [-0.2, -0.15) is 5.26 Å². The molecule has 0 bridgehead atoms. The molecular formula is C13H14N2O2S. The van der Waals surface area contributed by atoms with Crippen LogP contribution in [0.3, 0.4) is 0 Å². The van der Waals surface area contributed by atoms with Gasteiger partial charge in [-0.05, 0) is 31.9 Å². The number of pyridine rings is 1. The molecule has 1 aliphatic heterocycles. The molecule has 1 unspecified atom stereocenters. The van der Waals surface area contributed by atoms with Crippen molar-refractivity contribution in [2.45, 2.75) is 37.5 Å². The molecule has 0 aromatic carbocycles. The minimum Gasteiger partial charge on any atom is -0.465 e. The summed E-state index contributed by atoms with van der Waals surface area (Å²) >= 11 is 1.34. The Bertz CT molecular complexity index is 549. The van der Waals surface area contributed by atoms with E-state index < -0.39 is 0 Å². The topological polar surface area (TPSA) is 63.0 Å². The molecule has 18 heavy (non-hydrogen) atoms. The third kappa shape index (κ3) is 2.21. The maximum atomic E-state index is 11.5. The van der Waals surface area contributed by atoms with E-state index in [0.29, 0.717) is 23.6 Å². The van der Waals surface area contributed by atoms with Gasteiger partial charge in [0.2, 0.25) is 0 Å². The molecule has 1 aliphatic rings. The summed E-state index contributed by atoms with van der Waals surface area (Å²) in [5.41, 5.74) is 3.45. The van der Waals surface area contributed by atoms with Crippen LogP contribution in [-0.4, -0.2) is 22.8 Å². The summed E-state index contributed by atoms with van der Waals surface area (Å²) in [4.78, 5) is 15.9. The van der Waals surface area contributed by atoms with E-state index in [9.17, 15) is 10.1 Å². The predicted molar refractivity (Wildman–Crippen MR) is 68.4 cm³/mol. The molecule has 1 aromatic rings. The average molecular weight is 262 g/mol. The van der Waals surface area contributed by atoms with Gasteiger partial charge in [-0.25, -0.2) is 4.98 Å². The van der Waals surface area contributed by atoms with E-state index in [2.05, 4.69) is 11.1 Å². The van der Waals surface area contributed by atoms with E-state index in [1.165, 1.54) is 11.8 Å². The van der Waals surface area contributed by atoms with Gasteiger partial charge in [0, 0.05) is 12.1 Å². The van der Waals surface area contributed by atoms with Crippen LogP contribution in [0.2, 0.25) is 0 Å². The van der Waals surface area contributed by atoms with Gasteiger partial charge in [-0.1, -0.05) is 11.8 Å². The molecule has 0 N–H and O–H groups in total. The number of ether oxygens (including phenoxy) is 1. The molecule has 1 atom stereocenters. The molecule has 1 saturated heterocycles. The molecule has 2 rings (SSSR count). The Labute approximate surface area is 110 Å². The minimum atomic E-state index is -0.230. The van der Waals surface area contributed by atoms with Crippen LogP contribution in [0.25, 0.3) is 0 Å². The lowest BCUT2D eigenvalue weighted by atomic mass is 10.1. The summed E-state index contributed by atoms with van der Waals surface area (Å²) < 4.78 is 4.92. The molecule has 0 saturated carbocycles. The van der Waals surface area contributed by atoms with Crippen LogP contribution in [0.4, 0.5) is 0 Å². The van der Waals surface area contributed by atoms with Crippen molar-refractivity contribution in [3.8, 4) is 6.07 Å². The number of aromatic nitrogens is 1. The highest BCUT2D eigenvalue weighted by Gasteiger charge is 2.29. The number of rotatable bonds is 2. The van der Waals surface area contributed by atoms with Crippen molar-refractivity contribution in [1.82, 2.24) is 4.98 Å². The quantitative estimate of drug-likeness (QED) is 0.765. The van der Waals surface area contributed by atoms with Crippen molar-refractivity contribution in [2.75, 3.05) is 6.61 Å². The Kier molecular flexibility index (Phi) is 3.58. The molecule has 0 radical (unpaired) electrons. The monoisotopic (exact) mass is 262 g/mol. The van der Waals surface area contributed by atoms with Gasteiger partial charge in [0.1, 0.15) is 16.3 Å². The number of carbonyl (C=O) groups is 1. The van der Waals surface area contributed by atoms with Crippen LogP contribution in [-0.2, 0) is 9.53 Å². The van der Waals surface area contributed by atoms with Gasteiger partial charge in [-0.3, -0.25) is 4.79 Å². The van der Waals surface area contributed by atoms with Crippen molar-refractivity contribution in [3.05, 3.63) is 22.4 Å². The lowest BCUT2D eigenvalue weighted by Crippen LogP contribution is -2.11. The Balaban J connectivity index is 2.39. The number of nitrogens with zero attached hydrogens (tertiary/aromatic N) is 2. The van der Waals surface area contributed by atoms with Crippen molar-refractivity contribution >= 4 is 17.7 Å². The van der Waals surface area contributed by atoms with Crippen LogP contribution >= 0.6 is 11.8 Å². The molecule has 94 valence electrons. The van der Waals surface area contributed by atoms with Crippen LogP contribution in [0, 0.1) is 32.1 Å². The maximum absolute atomic E-state index is 11.5. The molecule has 1 fully saturated rings. The molecule has 4 nitrogen and oxygen atoms in total. The highest BCUT2D eigenvalue weighted by molar-refractivity contribution is 8.00. The number of thioether (sulfide) groups is 1. The van der Waals surface area contributed by atoms with E-state index in [4.69, 9.17) is 4.74 Å². The normalized spacial score (nSPS) is 18.6. The zero-order valence-corrected chi connectivity index (χ0v) is 11.4. The zero-order chi connectivity index (χ0) is 13.3. The fraction of sp³-hybridized carbons (Fsp3) is 0.462. The Morgan fingerprint density at radius 2 is 2.11 bits per heavy atom. The van der Waals surface area contributed by atoms with E-state index in [1.54, 1.807) is 0 Å². The van der Waals surface area contributed by atoms with Gasteiger partial charge < -0.3 is 4.74 Å². The minimum absolute atomic E-state index is 0.207. The molecule has 5 heteroatoms. The van der Waals surface area contributed by atoms with Crippen molar-refractivity contribution in [3.63, 3.8) is 0 Å². The van der Waals surface area contributed by atoms with Crippen LogP contribution in [0.5, 0.6) is 0 Å². The molecule has 2 heterocycles. The summed E-state index contributed by atoms with van der Waals surface area (Å²) in [5.74, 6) is -0.207. The highest BCUT2D eigenvalue weighted by Crippen LogP contribution is 2.32. The third-order valence-corrected chi connectivity index (χ3v) is 4.45. The fourth-order valence-electron chi connectivity index (χ4n) is 1.85. The van der Waals surface area contributed by atoms with E-state index >= 15 is 0 Å². The van der Waals surface area contributed by atoms with Crippen molar-refractivity contribution in [2.24, 2.45) is 0 Å². The van der Waals surface area contributed by atoms with Gasteiger partial charge in [-0.15, -0.1) is 0 Å². The number of cyclic esters (lactones) is 1. The van der Waals surface area contributed by atoms with Gasteiger partial charge in [0.15, 0.2) is 0 Å². The fourth-order valence-corrected chi connectivity index (χ4v) is 3.00. The summed E-state index contributed by atoms with van der Waals surface area (Å²) in [7, 11) is 0. The van der Waals surface area contributed by atoms with Gasteiger partial charge in [0.05, 0.1) is 12.2 Å².